The van der Waals surface area contributed by atoms with Crippen LogP contribution in [0.3, 0.4) is 0 Å². The lowest BCUT2D eigenvalue weighted by atomic mass is 10.0. The minimum Gasteiger partial charge on any atom is -0.312 e. The molecule has 0 radical (unpaired) electrons. The summed E-state index contributed by atoms with van der Waals surface area (Å²) >= 11 is 0. The number of nitrogens with one attached hydrogen (secondary N) is 1. The number of hydrogen-bond acceptors (Lipinski definition) is 4. The van der Waals surface area contributed by atoms with E-state index in [1.807, 2.05) is 24.3 Å². The molecule has 0 bridgehead atoms. The maximum Gasteiger partial charge on any atom is 0.230 e. The maximum atomic E-state index is 14.3. The van der Waals surface area contributed by atoms with Crippen molar-refractivity contribution in [2.75, 3.05) is 17.7 Å². The highest BCUT2D eigenvalue weighted by molar-refractivity contribution is 7.91. The first-order valence-electron chi connectivity index (χ1n) is 10.2. The number of aromatic nitrogens is 1. The van der Waals surface area contributed by atoms with Crippen molar-refractivity contribution in [2.45, 2.75) is 24.2 Å². The van der Waals surface area contributed by atoms with Crippen LogP contribution in [0, 0.1) is 16.5 Å². The number of amides is 1. The summed E-state index contributed by atoms with van der Waals surface area (Å²) in [6.45, 7) is 0.478. The molecule has 1 aromatic heterocycles. The number of anilines is 1. The van der Waals surface area contributed by atoms with Crippen LogP contribution in [0.5, 0.6) is 0 Å². The van der Waals surface area contributed by atoms with Crippen molar-refractivity contribution >= 4 is 21.3 Å². The van der Waals surface area contributed by atoms with Crippen LogP contribution in [0.4, 0.5) is 10.1 Å². The molecule has 31 heavy (non-hydrogen) atoms. The lowest BCUT2D eigenvalue weighted by Crippen LogP contribution is -2.35. The topological polar surface area (TPSA) is 74.1 Å². The number of benzene rings is 2. The lowest BCUT2D eigenvalue weighted by molar-refractivity contribution is -0.122. The molecule has 158 valence electrons. The van der Waals surface area contributed by atoms with Gasteiger partial charge in [-0.3, -0.25) is 9.78 Å². The summed E-state index contributed by atoms with van der Waals surface area (Å²) in [5, 5.41) is 0. The second-order valence-electron chi connectivity index (χ2n) is 8.30. The van der Waals surface area contributed by atoms with Gasteiger partial charge in [0, 0.05) is 36.2 Å². The molecule has 1 aliphatic carbocycles. The van der Waals surface area contributed by atoms with Crippen LogP contribution in [-0.2, 0) is 33.8 Å². The Hall–Kier alpha value is -3.06. The number of hydrogen-bond donors (Lipinski definition) is 1. The highest BCUT2D eigenvalue weighted by Crippen LogP contribution is 2.37. The fourth-order valence-electron chi connectivity index (χ4n) is 4.62. The van der Waals surface area contributed by atoms with Crippen molar-refractivity contribution in [3.8, 4) is 11.3 Å². The summed E-state index contributed by atoms with van der Waals surface area (Å²) < 4.78 is 34.3. The normalized spacial score (nSPS) is 19.0. The van der Waals surface area contributed by atoms with Gasteiger partial charge in [0.2, 0.25) is 5.91 Å². The molecule has 0 saturated heterocycles. The summed E-state index contributed by atoms with van der Waals surface area (Å²) in [7, 11) is -3.22. The van der Waals surface area contributed by atoms with Crippen molar-refractivity contribution in [1.29, 1.82) is 4.78 Å². The summed E-state index contributed by atoms with van der Waals surface area (Å²) in [6, 6.07) is 14.8. The number of fused-ring (bicyclic) bond motifs is 2. The second-order valence-corrected chi connectivity index (χ2v) is 10.4. The fourth-order valence-corrected chi connectivity index (χ4v) is 5.39. The molecule has 5 nitrogen and oxygen atoms in total. The van der Waals surface area contributed by atoms with Gasteiger partial charge >= 0.3 is 0 Å². The van der Waals surface area contributed by atoms with Crippen LogP contribution in [0.25, 0.3) is 11.3 Å². The SMILES string of the molecule is CS(=N)(=O)c1cc2c(cc1F)CCN2C(=O)C1Cc2ccc(-c3ccccn3)cc2C1. The Labute approximate surface area is 180 Å². The van der Waals surface area contributed by atoms with Gasteiger partial charge in [-0.2, -0.15) is 0 Å². The number of carbonyl (C=O) groups excluding carboxylic acids is 1. The van der Waals surface area contributed by atoms with Gasteiger partial charge in [-0.25, -0.2) is 13.4 Å². The fraction of sp³-hybridized carbons (Fsp3) is 0.250. The second kappa shape index (κ2) is 7.27. The largest absolute Gasteiger partial charge is 0.312 e. The quantitative estimate of drug-likeness (QED) is 0.669. The Kier molecular flexibility index (Phi) is 4.66. The van der Waals surface area contributed by atoms with Gasteiger partial charge in [-0.15, -0.1) is 0 Å². The molecule has 1 N–H and O–H groups in total. The standard InChI is InChI=1S/C24H22FN3O2S/c1-31(26,30)23-14-22-17(13-20(23)25)7-9-28(22)24(29)19-10-15-5-6-16(11-18(15)12-19)21-4-2-3-8-27-21/h2-6,8,11,13-14,19,26H,7,9-10,12H2,1H3. The van der Waals surface area contributed by atoms with Crippen molar-refractivity contribution < 1.29 is 13.4 Å². The Bertz CT molecular complexity index is 1310. The van der Waals surface area contributed by atoms with Crippen molar-refractivity contribution in [3.63, 3.8) is 0 Å². The average molecular weight is 436 g/mol. The van der Waals surface area contributed by atoms with E-state index in [0.29, 0.717) is 31.5 Å². The van der Waals surface area contributed by atoms with E-state index in [9.17, 15) is 13.4 Å². The molecule has 0 fully saturated rings. The van der Waals surface area contributed by atoms with Crippen LogP contribution >= 0.6 is 0 Å². The molecule has 2 unspecified atom stereocenters. The maximum absolute atomic E-state index is 14.3. The number of carbonyl (C=O) groups is 1. The minimum atomic E-state index is -3.22. The van der Waals surface area contributed by atoms with E-state index >= 15 is 0 Å². The molecule has 2 atom stereocenters. The number of halogens is 1. The van der Waals surface area contributed by atoms with Crippen molar-refractivity contribution in [1.82, 2.24) is 4.98 Å². The molecular weight excluding hydrogens is 413 g/mol. The summed E-state index contributed by atoms with van der Waals surface area (Å²) in [5.74, 6) is -0.819. The molecule has 1 aliphatic heterocycles. The predicted octanol–water partition coefficient (Wildman–Crippen LogP) is 4.23. The highest BCUT2D eigenvalue weighted by Gasteiger charge is 2.35. The first-order valence-corrected chi connectivity index (χ1v) is 12.2. The third-order valence-corrected chi connectivity index (χ3v) is 7.32. The van der Waals surface area contributed by atoms with Gasteiger partial charge in [-0.05, 0) is 66.3 Å². The average Bonchev–Trinajstić information content (AvgIpc) is 3.35. The van der Waals surface area contributed by atoms with E-state index in [-0.39, 0.29) is 16.7 Å². The van der Waals surface area contributed by atoms with E-state index in [2.05, 4.69) is 17.1 Å². The highest BCUT2D eigenvalue weighted by atomic mass is 32.2. The summed E-state index contributed by atoms with van der Waals surface area (Å²) in [4.78, 5) is 19.3. The van der Waals surface area contributed by atoms with Crippen LogP contribution in [0.1, 0.15) is 16.7 Å². The smallest absolute Gasteiger partial charge is 0.230 e. The van der Waals surface area contributed by atoms with E-state index in [0.717, 1.165) is 22.4 Å². The first kappa shape index (κ1) is 19.9. The number of rotatable bonds is 3. The monoisotopic (exact) mass is 435 g/mol. The van der Waals surface area contributed by atoms with Gasteiger partial charge < -0.3 is 4.90 Å². The van der Waals surface area contributed by atoms with Crippen molar-refractivity contribution in [3.05, 3.63) is 77.2 Å². The zero-order chi connectivity index (χ0) is 21.8. The third kappa shape index (κ3) is 3.53. The van der Waals surface area contributed by atoms with Gasteiger partial charge in [0.25, 0.3) is 0 Å². The summed E-state index contributed by atoms with van der Waals surface area (Å²) in [5.41, 5.74) is 5.58. The van der Waals surface area contributed by atoms with Crippen LogP contribution in [0.15, 0.2) is 59.6 Å². The summed E-state index contributed by atoms with van der Waals surface area (Å²) in [6.07, 6.45) is 4.84. The Morgan fingerprint density at radius 1 is 1.13 bits per heavy atom. The van der Waals surface area contributed by atoms with Gasteiger partial charge in [0.1, 0.15) is 5.82 Å². The third-order valence-electron chi connectivity index (χ3n) is 6.16. The van der Waals surface area contributed by atoms with Crippen LogP contribution in [0.2, 0.25) is 0 Å². The Balaban J connectivity index is 1.41. The van der Waals surface area contributed by atoms with Gasteiger partial charge in [0.15, 0.2) is 0 Å². The Morgan fingerprint density at radius 2 is 1.94 bits per heavy atom. The van der Waals surface area contributed by atoms with E-state index < -0.39 is 15.5 Å². The molecule has 2 aliphatic rings. The van der Waals surface area contributed by atoms with E-state index in [1.165, 1.54) is 24.0 Å². The molecule has 5 rings (SSSR count). The van der Waals surface area contributed by atoms with Gasteiger partial charge in [-0.1, -0.05) is 18.2 Å². The molecule has 0 saturated carbocycles. The molecular formula is C24H22FN3O2S. The van der Waals surface area contributed by atoms with E-state index in [1.54, 1.807) is 11.1 Å². The molecule has 3 aromatic rings. The molecule has 2 aromatic carbocycles. The van der Waals surface area contributed by atoms with Gasteiger partial charge in [0.05, 0.1) is 20.3 Å². The number of nitrogens with zero attached hydrogens (tertiary/aromatic N) is 2. The molecule has 1 amide bonds. The predicted molar refractivity (Wildman–Crippen MR) is 118 cm³/mol. The molecule has 7 heteroatoms. The molecule has 2 heterocycles. The zero-order valence-electron chi connectivity index (χ0n) is 17.1. The molecule has 0 spiro atoms. The minimum absolute atomic E-state index is 0.000484. The zero-order valence-corrected chi connectivity index (χ0v) is 17.9. The Morgan fingerprint density at radius 3 is 2.68 bits per heavy atom. The van der Waals surface area contributed by atoms with Crippen molar-refractivity contribution in [2.24, 2.45) is 5.92 Å². The lowest BCUT2D eigenvalue weighted by Gasteiger charge is -2.22. The first-order chi connectivity index (χ1) is 14.8. The van der Waals surface area contributed by atoms with Crippen LogP contribution < -0.4 is 4.90 Å². The number of pyridine rings is 1. The van der Waals surface area contributed by atoms with Crippen LogP contribution in [-0.4, -0.2) is 27.9 Å². The van der Waals surface area contributed by atoms with E-state index in [4.69, 9.17) is 4.78 Å².